The Hall–Kier alpha value is -3.98. The Kier molecular flexibility index (Phi) is 7.14. The highest BCUT2D eigenvalue weighted by Crippen LogP contribution is 2.32. The van der Waals surface area contributed by atoms with Crippen LogP contribution >= 0.6 is 0 Å². The summed E-state index contributed by atoms with van der Waals surface area (Å²) >= 11 is 0. The highest BCUT2D eigenvalue weighted by atomic mass is 16.5. The predicted octanol–water partition coefficient (Wildman–Crippen LogP) is 4.49. The van der Waals surface area contributed by atoms with Crippen LogP contribution in [0.4, 0.5) is 5.69 Å². The lowest BCUT2D eigenvalue weighted by molar-refractivity contribution is 0.0598. The maximum Gasteiger partial charge on any atom is 0.335 e. The van der Waals surface area contributed by atoms with Gasteiger partial charge >= 0.3 is 5.97 Å². The number of aromatic carboxylic acids is 1. The van der Waals surface area contributed by atoms with Crippen molar-refractivity contribution in [2.24, 2.45) is 5.92 Å². The SMILES string of the molecule is Cc1cc2c(cc1C(=O)N1CCCC(c3ccc(C(=O)O)cc3)C1)Cc1c(cnn1CC1CCOCC1)C(=O)N2. The minimum atomic E-state index is -0.944. The van der Waals surface area contributed by atoms with Crippen LogP contribution in [0.5, 0.6) is 0 Å². The predicted molar refractivity (Wildman–Crippen MR) is 149 cm³/mol. The van der Waals surface area contributed by atoms with Crippen LogP contribution in [-0.4, -0.2) is 63.9 Å². The number of carbonyl (C=O) groups excluding carboxylic acids is 2. The molecule has 1 unspecified atom stereocenters. The number of hydrogen-bond acceptors (Lipinski definition) is 5. The lowest BCUT2D eigenvalue weighted by atomic mass is 9.89. The Bertz CT molecular complexity index is 1460. The van der Waals surface area contributed by atoms with E-state index in [0.717, 1.165) is 73.5 Å². The van der Waals surface area contributed by atoms with Gasteiger partial charge in [-0.1, -0.05) is 12.1 Å². The maximum absolute atomic E-state index is 13.8. The van der Waals surface area contributed by atoms with E-state index in [1.54, 1.807) is 18.3 Å². The molecule has 1 aromatic heterocycles. The molecule has 3 aromatic rings. The van der Waals surface area contributed by atoms with E-state index in [-0.39, 0.29) is 23.3 Å². The summed E-state index contributed by atoms with van der Waals surface area (Å²) in [6.45, 7) is 5.44. The van der Waals surface area contributed by atoms with Crippen molar-refractivity contribution in [3.63, 3.8) is 0 Å². The topological polar surface area (TPSA) is 114 Å². The van der Waals surface area contributed by atoms with E-state index in [2.05, 4.69) is 10.4 Å². The molecule has 2 N–H and O–H groups in total. The largest absolute Gasteiger partial charge is 0.478 e. The van der Waals surface area contributed by atoms with Crippen LogP contribution in [0.15, 0.2) is 42.6 Å². The highest BCUT2D eigenvalue weighted by molar-refractivity contribution is 6.07. The molecule has 208 valence electrons. The molecule has 2 fully saturated rings. The van der Waals surface area contributed by atoms with Crippen LogP contribution in [0.3, 0.4) is 0 Å². The summed E-state index contributed by atoms with van der Waals surface area (Å²) in [5, 5.41) is 16.8. The highest BCUT2D eigenvalue weighted by Gasteiger charge is 2.30. The number of likely N-dealkylation sites (tertiary alicyclic amines) is 1. The van der Waals surface area contributed by atoms with Gasteiger partial charge in [-0.15, -0.1) is 0 Å². The van der Waals surface area contributed by atoms with Gasteiger partial charge < -0.3 is 20.1 Å². The lowest BCUT2D eigenvalue weighted by Crippen LogP contribution is -2.39. The Morgan fingerprint density at radius 2 is 1.90 bits per heavy atom. The Balaban J connectivity index is 1.24. The van der Waals surface area contributed by atoms with Crippen LogP contribution < -0.4 is 5.32 Å². The van der Waals surface area contributed by atoms with E-state index in [1.165, 1.54) is 0 Å². The summed E-state index contributed by atoms with van der Waals surface area (Å²) in [5.74, 6) is -0.508. The number of fused-ring (bicyclic) bond motifs is 2. The number of nitrogens with zero attached hydrogens (tertiary/aromatic N) is 3. The second-order valence-corrected chi connectivity index (χ2v) is 11.2. The zero-order valence-corrected chi connectivity index (χ0v) is 22.7. The molecule has 0 radical (unpaired) electrons. The number of nitrogens with one attached hydrogen (secondary N) is 1. The first-order valence-electron chi connectivity index (χ1n) is 14.1. The van der Waals surface area contributed by atoms with Gasteiger partial charge in [-0.25, -0.2) is 4.79 Å². The summed E-state index contributed by atoms with van der Waals surface area (Å²) in [4.78, 5) is 40.1. The van der Waals surface area contributed by atoms with Gasteiger partial charge in [0.2, 0.25) is 0 Å². The number of ether oxygens (including phenoxy) is 1. The van der Waals surface area contributed by atoms with E-state index in [4.69, 9.17) is 4.74 Å². The zero-order valence-electron chi connectivity index (χ0n) is 22.7. The van der Waals surface area contributed by atoms with Crippen molar-refractivity contribution in [3.05, 3.63) is 81.7 Å². The normalized spacial score (nSPS) is 19.4. The molecule has 2 aromatic carbocycles. The average molecular weight is 543 g/mol. The van der Waals surface area contributed by atoms with Gasteiger partial charge in [-0.2, -0.15) is 5.10 Å². The number of benzene rings is 2. The van der Waals surface area contributed by atoms with Crippen LogP contribution in [0, 0.1) is 12.8 Å². The third-order valence-corrected chi connectivity index (χ3v) is 8.59. The third kappa shape index (κ3) is 5.13. The van der Waals surface area contributed by atoms with E-state index < -0.39 is 5.97 Å². The van der Waals surface area contributed by atoms with Crippen LogP contribution in [0.25, 0.3) is 0 Å². The molecule has 9 heteroatoms. The molecule has 1 atom stereocenters. The fourth-order valence-corrected chi connectivity index (χ4v) is 6.24. The second kappa shape index (κ2) is 10.9. The minimum Gasteiger partial charge on any atom is -0.478 e. The van der Waals surface area contributed by atoms with Crippen molar-refractivity contribution >= 4 is 23.5 Å². The Labute approximate surface area is 233 Å². The summed E-state index contributed by atoms with van der Waals surface area (Å²) in [6, 6.07) is 10.8. The first kappa shape index (κ1) is 26.3. The van der Waals surface area contributed by atoms with Crippen molar-refractivity contribution in [1.29, 1.82) is 0 Å². The van der Waals surface area contributed by atoms with E-state index in [1.807, 2.05) is 40.8 Å². The fraction of sp³-hybridized carbons (Fsp3) is 0.419. The monoisotopic (exact) mass is 542 g/mol. The second-order valence-electron chi connectivity index (χ2n) is 11.2. The van der Waals surface area contributed by atoms with Crippen molar-refractivity contribution in [2.45, 2.75) is 51.5 Å². The molecule has 0 bridgehead atoms. The molecule has 4 heterocycles. The first-order valence-corrected chi connectivity index (χ1v) is 14.1. The van der Waals surface area contributed by atoms with Crippen molar-refractivity contribution in [2.75, 3.05) is 31.6 Å². The summed E-state index contributed by atoms with van der Waals surface area (Å²) in [5.41, 5.74) is 5.90. The lowest BCUT2D eigenvalue weighted by Gasteiger charge is -2.33. The smallest absolute Gasteiger partial charge is 0.335 e. The fourth-order valence-electron chi connectivity index (χ4n) is 6.24. The number of amides is 2. The summed E-state index contributed by atoms with van der Waals surface area (Å²) in [7, 11) is 0. The summed E-state index contributed by atoms with van der Waals surface area (Å²) < 4.78 is 7.47. The molecular formula is C31H34N4O5. The Morgan fingerprint density at radius 1 is 1.12 bits per heavy atom. The quantitative estimate of drug-likeness (QED) is 0.491. The van der Waals surface area contributed by atoms with E-state index in [9.17, 15) is 19.5 Å². The van der Waals surface area contributed by atoms with Gasteiger partial charge in [0.15, 0.2) is 0 Å². The third-order valence-electron chi connectivity index (χ3n) is 8.59. The molecule has 2 amide bonds. The summed E-state index contributed by atoms with van der Waals surface area (Å²) in [6.07, 6.45) is 5.97. The number of hydrogen-bond donors (Lipinski definition) is 2. The minimum absolute atomic E-state index is 0.0151. The van der Waals surface area contributed by atoms with Crippen LogP contribution in [-0.2, 0) is 17.7 Å². The van der Waals surface area contributed by atoms with E-state index >= 15 is 0 Å². The molecule has 40 heavy (non-hydrogen) atoms. The molecule has 3 aliphatic heterocycles. The van der Waals surface area contributed by atoms with Gasteiger partial charge in [0, 0.05) is 56.4 Å². The van der Waals surface area contributed by atoms with E-state index in [0.29, 0.717) is 36.6 Å². The molecule has 2 saturated heterocycles. The number of piperidine rings is 1. The molecule has 0 aliphatic carbocycles. The number of carboxylic acids is 1. The molecule has 0 saturated carbocycles. The molecule has 0 spiro atoms. The maximum atomic E-state index is 13.8. The van der Waals surface area contributed by atoms with Gasteiger partial charge in [0.1, 0.15) is 0 Å². The Morgan fingerprint density at radius 3 is 2.65 bits per heavy atom. The number of rotatable bonds is 5. The van der Waals surface area contributed by atoms with Gasteiger partial charge in [-0.3, -0.25) is 14.3 Å². The van der Waals surface area contributed by atoms with Crippen LogP contribution in [0.1, 0.15) is 85.1 Å². The standard InChI is InChI=1S/C31H34N4O5/c1-19-13-27-24(15-28-26(29(36)33-27)16-32-35(28)17-20-8-11-40-12-9-20)14-25(19)30(37)34-10-2-3-23(18-34)21-4-6-22(7-5-21)31(38)39/h4-7,13-14,16,20,23H,2-3,8-12,15,17-18H2,1H3,(H,33,36)(H,38,39). The number of anilines is 1. The number of aromatic nitrogens is 2. The number of carbonyl (C=O) groups is 3. The van der Waals surface area contributed by atoms with Gasteiger partial charge in [0.25, 0.3) is 11.8 Å². The van der Waals surface area contributed by atoms with Crippen molar-refractivity contribution in [1.82, 2.24) is 14.7 Å². The first-order chi connectivity index (χ1) is 19.4. The molecule has 6 rings (SSSR count). The van der Waals surface area contributed by atoms with Crippen molar-refractivity contribution in [3.8, 4) is 0 Å². The van der Waals surface area contributed by atoms with Gasteiger partial charge in [-0.05, 0) is 79.5 Å². The average Bonchev–Trinajstić information content (AvgIpc) is 3.30. The van der Waals surface area contributed by atoms with Crippen LogP contribution in [0.2, 0.25) is 0 Å². The molecular weight excluding hydrogens is 508 g/mol. The molecule has 9 nitrogen and oxygen atoms in total. The number of aryl methyl sites for hydroxylation is 1. The van der Waals surface area contributed by atoms with Crippen molar-refractivity contribution < 1.29 is 24.2 Å². The zero-order chi connectivity index (χ0) is 27.8. The number of carboxylic acid groups (broad SMARTS) is 1. The van der Waals surface area contributed by atoms with Gasteiger partial charge in [0.05, 0.1) is 23.0 Å². The molecule has 3 aliphatic rings.